The van der Waals surface area contributed by atoms with Crippen LogP contribution in [0.15, 0.2) is 0 Å². The Morgan fingerprint density at radius 2 is 0.900 bits per heavy atom. The maximum atomic E-state index is 4.45. The molecule has 0 aromatic carbocycles. The van der Waals surface area contributed by atoms with E-state index in [1.807, 2.05) is 0 Å². The molecule has 0 aromatic heterocycles. The van der Waals surface area contributed by atoms with Crippen molar-refractivity contribution in [3.63, 3.8) is 0 Å². The van der Waals surface area contributed by atoms with Crippen LogP contribution in [0.25, 0.3) is 0 Å². The van der Waals surface area contributed by atoms with Gasteiger partial charge in [0.1, 0.15) is 0 Å². The predicted molar refractivity (Wildman–Crippen MR) is 104 cm³/mol. The van der Waals surface area contributed by atoms with Crippen molar-refractivity contribution in [2.24, 2.45) is 0 Å². The second-order valence-electron chi connectivity index (χ2n) is 6.84. The first-order valence-corrected chi connectivity index (χ1v) is 14.3. The molecule has 0 atom stereocenters. The average molecular weight is 367 g/mol. The monoisotopic (exact) mass is 366 g/mol. The van der Waals surface area contributed by atoms with Crippen LogP contribution in [0.5, 0.6) is 0 Å². The molecule has 20 heavy (non-hydrogen) atoms. The molecule has 0 N–H and O–H groups in total. The first-order chi connectivity index (χ1) is 9.54. The van der Waals surface area contributed by atoms with Gasteiger partial charge in [-0.25, -0.2) is 0 Å². The third-order valence-corrected chi connectivity index (χ3v) is 15.0. The van der Waals surface area contributed by atoms with Gasteiger partial charge in [-0.3, -0.25) is 0 Å². The van der Waals surface area contributed by atoms with Crippen LogP contribution in [-0.4, -0.2) is 24.6 Å². The van der Waals surface area contributed by atoms with Crippen LogP contribution in [0.1, 0.15) is 91.9 Å². The summed E-state index contributed by atoms with van der Waals surface area (Å²) in [6.45, 7) is 9.40. The van der Waals surface area contributed by atoms with E-state index in [9.17, 15) is 0 Å². The van der Waals surface area contributed by atoms with Crippen molar-refractivity contribution in [2.45, 2.75) is 91.9 Å². The molecule has 0 radical (unpaired) electrons. The van der Waals surface area contributed by atoms with E-state index in [0.29, 0.717) is 0 Å². The molecule has 0 amide bonds. The number of unbranched alkanes of at least 4 members (excludes halogenated alkanes) is 6. The molecule has 124 valence electrons. The first-order valence-electron chi connectivity index (χ1n) is 9.26. The van der Waals surface area contributed by atoms with Gasteiger partial charge in [-0.1, -0.05) is 0 Å². The number of hydrogen-bond donors (Lipinski definition) is 0. The summed E-state index contributed by atoms with van der Waals surface area (Å²) in [5, 5.41) is -1.57. The Morgan fingerprint density at radius 3 is 1.20 bits per heavy atom. The van der Waals surface area contributed by atoms with Gasteiger partial charge < -0.3 is 0 Å². The van der Waals surface area contributed by atoms with Gasteiger partial charge in [0.2, 0.25) is 0 Å². The molecule has 0 aromatic rings. The van der Waals surface area contributed by atoms with Crippen LogP contribution < -0.4 is 0 Å². The summed E-state index contributed by atoms with van der Waals surface area (Å²) in [4.78, 5) is 0. The van der Waals surface area contributed by atoms with Crippen LogP contribution >= 0.6 is 20.8 Å². The van der Waals surface area contributed by atoms with Crippen molar-refractivity contribution >= 4 is 20.8 Å². The van der Waals surface area contributed by atoms with Crippen LogP contribution in [0.3, 0.4) is 0 Å². The molecule has 0 bridgehead atoms. The quantitative estimate of drug-likeness (QED) is 0.217. The standard InChI is InChI=1S/C18H40BrP/c1-5-9-11-13-17-20(19,15-7-3,16-8-4)18-14-12-10-6-2/h5-18H2,1-4H3. The second-order valence-corrected chi connectivity index (χ2v) is 18.3. The molecule has 0 aliphatic rings. The molecule has 0 rings (SSSR count). The number of halogens is 1. The zero-order valence-corrected chi connectivity index (χ0v) is 17.2. The second kappa shape index (κ2) is 11.5. The third-order valence-electron chi connectivity index (χ3n) is 4.71. The molecule has 0 aliphatic carbocycles. The molecule has 0 nitrogen and oxygen atoms in total. The summed E-state index contributed by atoms with van der Waals surface area (Å²) in [6, 6.07) is 0. The van der Waals surface area contributed by atoms with E-state index in [0.717, 1.165) is 0 Å². The third kappa shape index (κ3) is 8.38. The summed E-state index contributed by atoms with van der Waals surface area (Å²) in [5.74, 6) is 0. The summed E-state index contributed by atoms with van der Waals surface area (Å²) in [5.41, 5.74) is 0. The van der Waals surface area contributed by atoms with Gasteiger partial charge in [-0.2, -0.15) is 0 Å². The zero-order valence-electron chi connectivity index (χ0n) is 14.7. The van der Waals surface area contributed by atoms with E-state index < -0.39 is 5.31 Å². The summed E-state index contributed by atoms with van der Waals surface area (Å²) in [6.07, 6.45) is 20.1. The van der Waals surface area contributed by atoms with Gasteiger partial charge in [0.15, 0.2) is 0 Å². The Balaban J connectivity index is 4.58. The fourth-order valence-corrected chi connectivity index (χ4v) is 12.9. The number of hydrogen-bond acceptors (Lipinski definition) is 0. The van der Waals surface area contributed by atoms with E-state index in [4.69, 9.17) is 0 Å². The molecule has 0 heterocycles. The predicted octanol–water partition coefficient (Wildman–Crippen LogP) is 7.83. The fraction of sp³-hybridized carbons (Fsp3) is 1.00. The Hall–Kier alpha value is 0.910. The summed E-state index contributed by atoms with van der Waals surface area (Å²) < 4.78 is 0. The van der Waals surface area contributed by atoms with Crippen molar-refractivity contribution in [2.75, 3.05) is 24.6 Å². The molecule has 0 saturated heterocycles. The van der Waals surface area contributed by atoms with Crippen molar-refractivity contribution in [1.29, 1.82) is 0 Å². The molecule has 0 fully saturated rings. The molecule has 0 aliphatic heterocycles. The van der Waals surface area contributed by atoms with E-state index >= 15 is 0 Å². The summed E-state index contributed by atoms with van der Waals surface area (Å²) >= 11 is 4.45. The van der Waals surface area contributed by atoms with E-state index in [2.05, 4.69) is 43.2 Å². The van der Waals surface area contributed by atoms with Crippen molar-refractivity contribution < 1.29 is 0 Å². The normalized spacial score (nSPS) is 14.2. The minimum atomic E-state index is -1.57. The van der Waals surface area contributed by atoms with Gasteiger partial charge in [-0.15, -0.1) is 0 Å². The van der Waals surface area contributed by atoms with E-state index in [-0.39, 0.29) is 0 Å². The van der Waals surface area contributed by atoms with Gasteiger partial charge >= 0.3 is 137 Å². The van der Waals surface area contributed by atoms with Crippen molar-refractivity contribution in [3.05, 3.63) is 0 Å². The minimum absolute atomic E-state index is 1.36. The van der Waals surface area contributed by atoms with E-state index in [1.54, 1.807) is 0 Å². The molecule has 0 unspecified atom stereocenters. The van der Waals surface area contributed by atoms with Gasteiger partial charge in [-0.05, 0) is 0 Å². The fourth-order valence-electron chi connectivity index (χ4n) is 3.66. The Morgan fingerprint density at radius 1 is 0.500 bits per heavy atom. The molecular formula is C18H40BrP. The van der Waals surface area contributed by atoms with Crippen LogP contribution in [-0.2, 0) is 0 Å². The molecule has 0 spiro atoms. The van der Waals surface area contributed by atoms with Crippen LogP contribution in [0.4, 0.5) is 0 Å². The molecule has 0 saturated carbocycles. The van der Waals surface area contributed by atoms with Crippen molar-refractivity contribution in [1.82, 2.24) is 0 Å². The average Bonchev–Trinajstić information content (AvgIpc) is 2.41. The first kappa shape index (κ1) is 20.9. The molecular weight excluding hydrogens is 327 g/mol. The summed E-state index contributed by atoms with van der Waals surface area (Å²) in [7, 11) is 0. The van der Waals surface area contributed by atoms with Gasteiger partial charge in [0.05, 0.1) is 0 Å². The molecule has 2 heteroatoms. The Bertz CT molecular complexity index is 205. The van der Waals surface area contributed by atoms with Crippen LogP contribution in [0.2, 0.25) is 0 Å². The maximum absolute atomic E-state index is 4.45. The zero-order chi connectivity index (χ0) is 15.3. The van der Waals surface area contributed by atoms with Gasteiger partial charge in [0, 0.05) is 0 Å². The van der Waals surface area contributed by atoms with E-state index in [1.165, 1.54) is 88.9 Å². The van der Waals surface area contributed by atoms with Crippen LogP contribution in [0, 0.1) is 0 Å². The topological polar surface area (TPSA) is 0 Å². The Labute approximate surface area is 137 Å². The SMILES string of the molecule is CCCCCCP(Br)(CCC)(CCC)CCCCCC. The Kier molecular flexibility index (Phi) is 12.0. The number of rotatable bonds is 14. The van der Waals surface area contributed by atoms with Gasteiger partial charge in [0.25, 0.3) is 0 Å². The van der Waals surface area contributed by atoms with Crippen molar-refractivity contribution in [3.8, 4) is 0 Å².